The molecule has 1 fully saturated rings. The largest absolute Gasteiger partial charge is 0.378 e. The number of benzene rings is 1. The number of hydrogen-bond acceptors (Lipinski definition) is 3. The minimum absolute atomic E-state index is 0. The van der Waals surface area contributed by atoms with Gasteiger partial charge in [0.1, 0.15) is 0 Å². The summed E-state index contributed by atoms with van der Waals surface area (Å²) in [7, 11) is 1.93. The normalized spacial score (nSPS) is 20.1. The van der Waals surface area contributed by atoms with Gasteiger partial charge < -0.3 is 15.3 Å². The van der Waals surface area contributed by atoms with Gasteiger partial charge in [0, 0.05) is 13.1 Å². The van der Waals surface area contributed by atoms with Crippen molar-refractivity contribution in [3.63, 3.8) is 0 Å². The van der Waals surface area contributed by atoms with Gasteiger partial charge in [-0.2, -0.15) is 0 Å². The summed E-state index contributed by atoms with van der Waals surface area (Å²) in [6, 6.07) is 9.14. The molecule has 1 heterocycles. The summed E-state index contributed by atoms with van der Waals surface area (Å²) in [4.78, 5) is 14.1. The number of rotatable bonds is 4. The molecule has 20 heavy (non-hydrogen) atoms. The molecule has 0 aromatic heterocycles. The molecule has 1 saturated heterocycles. The molecule has 0 aliphatic carbocycles. The van der Waals surface area contributed by atoms with Crippen LogP contribution in [0.2, 0.25) is 0 Å². The van der Waals surface area contributed by atoms with Crippen LogP contribution in [0.5, 0.6) is 0 Å². The highest BCUT2D eigenvalue weighted by atomic mass is 35.5. The van der Waals surface area contributed by atoms with Gasteiger partial charge in [-0.05, 0) is 37.9 Å². The molecule has 2 unspecified atom stereocenters. The molecular formula is C15H23ClN2O2. The van der Waals surface area contributed by atoms with E-state index < -0.39 is 6.10 Å². The Morgan fingerprint density at radius 2 is 2.15 bits per heavy atom. The second-order valence-corrected chi connectivity index (χ2v) is 5.16. The summed E-state index contributed by atoms with van der Waals surface area (Å²) in [5.41, 5.74) is 0.670. The molecule has 1 amide bonds. The van der Waals surface area contributed by atoms with E-state index in [1.165, 1.54) is 0 Å². The van der Waals surface area contributed by atoms with Gasteiger partial charge in [-0.25, -0.2) is 0 Å². The van der Waals surface area contributed by atoms with Gasteiger partial charge in [0.25, 0.3) is 5.91 Å². The fraction of sp³-hybridized carbons (Fsp3) is 0.533. The zero-order valence-corrected chi connectivity index (χ0v) is 12.6. The lowest BCUT2D eigenvalue weighted by Gasteiger charge is -2.34. The average molecular weight is 299 g/mol. The zero-order chi connectivity index (χ0) is 13.7. The summed E-state index contributed by atoms with van der Waals surface area (Å²) in [6.45, 7) is 2.41. The van der Waals surface area contributed by atoms with E-state index in [1.54, 1.807) is 17.0 Å². The van der Waals surface area contributed by atoms with E-state index in [2.05, 4.69) is 5.32 Å². The van der Waals surface area contributed by atoms with Crippen LogP contribution >= 0.6 is 12.4 Å². The van der Waals surface area contributed by atoms with E-state index in [1.807, 2.05) is 25.2 Å². The van der Waals surface area contributed by atoms with Crippen LogP contribution in [0.15, 0.2) is 30.3 Å². The van der Waals surface area contributed by atoms with Crippen molar-refractivity contribution in [2.45, 2.75) is 18.9 Å². The number of carbonyl (C=O) groups excluding carboxylic acids is 1. The van der Waals surface area contributed by atoms with Crippen LogP contribution in [0.25, 0.3) is 0 Å². The minimum Gasteiger partial charge on any atom is -0.378 e. The van der Waals surface area contributed by atoms with Crippen LogP contribution in [0.4, 0.5) is 0 Å². The minimum atomic E-state index is -1.03. The van der Waals surface area contributed by atoms with Gasteiger partial charge in [0.15, 0.2) is 6.10 Å². The smallest absolute Gasteiger partial charge is 0.256 e. The molecule has 4 nitrogen and oxygen atoms in total. The molecular weight excluding hydrogens is 276 g/mol. The summed E-state index contributed by atoms with van der Waals surface area (Å²) in [5, 5.41) is 13.3. The van der Waals surface area contributed by atoms with E-state index in [0.29, 0.717) is 11.5 Å². The lowest BCUT2D eigenvalue weighted by Crippen LogP contribution is -2.44. The van der Waals surface area contributed by atoms with E-state index in [-0.39, 0.29) is 18.3 Å². The summed E-state index contributed by atoms with van der Waals surface area (Å²) in [6.07, 6.45) is 1.13. The molecule has 0 spiro atoms. The second-order valence-electron chi connectivity index (χ2n) is 5.16. The highest BCUT2D eigenvalue weighted by molar-refractivity contribution is 5.85. The Bertz CT molecular complexity index is 412. The SMILES string of the molecule is CNCC1CCCN(C(=O)C(O)c2ccccc2)C1.Cl. The Balaban J connectivity index is 0.00000200. The number of hydrogen-bond donors (Lipinski definition) is 2. The van der Waals surface area contributed by atoms with E-state index in [4.69, 9.17) is 0 Å². The molecule has 0 bridgehead atoms. The fourth-order valence-electron chi connectivity index (χ4n) is 2.67. The summed E-state index contributed by atoms with van der Waals surface area (Å²) >= 11 is 0. The predicted octanol–water partition coefficient (Wildman–Crippen LogP) is 1.60. The van der Waals surface area contributed by atoms with E-state index in [9.17, 15) is 9.90 Å². The molecule has 2 atom stereocenters. The molecule has 1 aromatic rings. The van der Waals surface area contributed by atoms with Crippen LogP contribution in [0.3, 0.4) is 0 Å². The number of likely N-dealkylation sites (tertiary alicyclic amines) is 1. The Kier molecular flexibility index (Phi) is 6.99. The Morgan fingerprint density at radius 3 is 2.80 bits per heavy atom. The maximum absolute atomic E-state index is 12.3. The van der Waals surface area contributed by atoms with Gasteiger partial charge >= 0.3 is 0 Å². The molecule has 1 aliphatic heterocycles. The molecule has 112 valence electrons. The molecule has 1 aliphatic rings. The number of piperidine rings is 1. The number of aliphatic hydroxyl groups is 1. The van der Waals surface area contributed by atoms with Crippen molar-refractivity contribution in [1.82, 2.24) is 10.2 Å². The first-order chi connectivity index (χ1) is 9.22. The fourth-order valence-corrected chi connectivity index (χ4v) is 2.67. The van der Waals surface area contributed by atoms with Crippen molar-refractivity contribution < 1.29 is 9.90 Å². The maximum Gasteiger partial charge on any atom is 0.256 e. The lowest BCUT2D eigenvalue weighted by atomic mass is 9.97. The van der Waals surface area contributed by atoms with Gasteiger partial charge in [0.2, 0.25) is 0 Å². The quantitative estimate of drug-likeness (QED) is 0.888. The molecule has 0 radical (unpaired) electrons. The number of nitrogens with one attached hydrogen (secondary N) is 1. The second kappa shape index (κ2) is 8.25. The Labute approximate surface area is 126 Å². The third-order valence-electron chi connectivity index (χ3n) is 3.67. The maximum atomic E-state index is 12.3. The van der Waals surface area contributed by atoms with Crippen LogP contribution in [0, 0.1) is 5.92 Å². The van der Waals surface area contributed by atoms with Gasteiger partial charge in [0.05, 0.1) is 0 Å². The third kappa shape index (κ3) is 4.20. The van der Waals surface area contributed by atoms with Crippen molar-refractivity contribution in [3.05, 3.63) is 35.9 Å². The third-order valence-corrected chi connectivity index (χ3v) is 3.67. The van der Waals surface area contributed by atoms with Crippen LogP contribution in [0.1, 0.15) is 24.5 Å². The highest BCUT2D eigenvalue weighted by Crippen LogP contribution is 2.21. The zero-order valence-electron chi connectivity index (χ0n) is 11.8. The standard InChI is InChI=1S/C15H22N2O2.ClH/c1-16-10-12-6-5-9-17(11-12)15(19)14(18)13-7-3-2-4-8-13;/h2-4,7-8,12,14,16,18H,5-6,9-11H2,1H3;1H. The number of carbonyl (C=O) groups is 1. The van der Waals surface area contributed by atoms with Crippen molar-refractivity contribution in [2.75, 3.05) is 26.7 Å². The number of amides is 1. The van der Waals surface area contributed by atoms with Crippen molar-refractivity contribution >= 4 is 18.3 Å². The molecule has 1 aromatic carbocycles. The highest BCUT2D eigenvalue weighted by Gasteiger charge is 2.28. The average Bonchev–Trinajstić information content (AvgIpc) is 2.47. The first-order valence-electron chi connectivity index (χ1n) is 6.88. The molecule has 5 heteroatoms. The van der Waals surface area contributed by atoms with Crippen LogP contribution in [-0.4, -0.2) is 42.6 Å². The number of halogens is 1. The van der Waals surface area contributed by atoms with Crippen LogP contribution in [-0.2, 0) is 4.79 Å². The Hall–Kier alpha value is -1.10. The first kappa shape index (κ1) is 17.0. The van der Waals surface area contributed by atoms with E-state index >= 15 is 0 Å². The van der Waals surface area contributed by atoms with Gasteiger partial charge in [-0.15, -0.1) is 12.4 Å². The van der Waals surface area contributed by atoms with Gasteiger partial charge in [-0.1, -0.05) is 30.3 Å². The van der Waals surface area contributed by atoms with E-state index in [0.717, 1.165) is 32.5 Å². The molecule has 2 N–H and O–H groups in total. The number of nitrogens with zero attached hydrogens (tertiary/aromatic N) is 1. The Morgan fingerprint density at radius 1 is 1.45 bits per heavy atom. The number of aliphatic hydroxyl groups excluding tert-OH is 1. The predicted molar refractivity (Wildman–Crippen MR) is 81.9 cm³/mol. The monoisotopic (exact) mass is 298 g/mol. The van der Waals surface area contributed by atoms with Gasteiger partial charge in [-0.3, -0.25) is 4.79 Å². The van der Waals surface area contributed by atoms with Crippen LogP contribution < -0.4 is 5.32 Å². The molecule has 0 saturated carbocycles. The topological polar surface area (TPSA) is 52.6 Å². The summed E-state index contributed by atoms with van der Waals surface area (Å²) in [5.74, 6) is 0.317. The van der Waals surface area contributed by atoms with Crippen molar-refractivity contribution in [1.29, 1.82) is 0 Å². The van der Waals surface area contributed by atoms with Crippen molar-refractivity contribution in [2.24, 2.45) is 5.92 Å². The first-order valence-corrected chi connectivity index (χ1v) is 6.88. The lowest BCUT2D eigenvalue weighted by molar-refractivity contribution is -0.142. The van der Waals surface area contributed by atoms with Crippen molar-refractivity contribution in [3.8, 4) is 0 Å². The summed E-state index contributed by atoms with van der Waals surface area (Å²) < 4.78 is 0. The molecule has 2 rings (SSSR count).